The molecule has 1 aromatic rings. The molecule has 0 aliphatic heterocycles. The van der Waals surface area contributed by atoms with Gasteiger partial charge < -0.3 is 5.32 Å². The first-order chi connectivity index (χ1) is 9.43. The predicted molar refractivity (Wildman–Crippen MR) is 83.9 cm³/mol. The fourth-order valence-electron chi connectivity index (χ4n) is 1.80. The molecule has 0 bridgehead atoms. The first-order valence-corrected chi connectivity index (χ1v) is 8.84. The Balaban J connectivity index is 2.60. The Morgan fingerprint density at radius 2 is 1.90 bits per heavy atom. The summed E-state index contributed by atoms with van der Waals surface area (Å²) < 4.78 is 26.5. The summed E-state index contributed by atoms with van der Waals surface area (Å²) in [6.45, 7) is 8.33. The molecule has 0 atom stereocenters. The summed E-state index contributed by atoms with van der Waals surface area (Å²) in [4.78, 5) is 0. The van der Waals surface area contributed by atoms with Crippen molar-refractivity contribution in [3.63, 3.8) is 0 Å². The molecule has 0 saturated carbocycles. The smallest absolute Gasteiger partial charge is 0.215 e. The van der Waals surface area contributed by atoms with Crippen LogP contribution < -0.4 is 10.0 Å². The van der Waals surface area contributed by atoms with E-state index in [1.165, 1.54) is 0 Å². The predicted octanol–water partition coefficient (Wildman–Crippen LogP) is 2.26. The van der Waals surface area contributed by atoms with Gasteiger partial charge in [-0.1, -0.05) is 45.0 Å². The van der Waals surface area contributed by atoms with Crippen molar-refractivity contribution in [3.05, 3.63) is 35.4 Å². The van der Waals surface area contributed by atoms with Crippen LogP contribution >= 0.6 is 0 Å². The largest absolute Gasteiger partial charge is 0.313 e. The van der Waals surface area contributed by atoms with Crippen LogP contribution in [0.1, 0.15) is 38.3 Å². The van der Waals surface area contributed by atoms with E-state index in [1.54, 1.807) is 0 Å². The van der Waals surface area contributed by atoms with E-state index in [9.17, 15) is 8.42 Å². The van der Waals surface area contributed by atoms with E-state index in [0.717, 1.165) is 30.6 Å². The summed E-state index contributed by atoms with van der Waals surface area (Å²) in [6, 6.07) is 7.74. The van der Waals surface area contributed by atoms with Crippen molar-refractivity contribution < 1.29 is 8.42 Å². The van der Waals surface area contributed by atoms with E-state index in [4.69, 9.17) is 0 Å². The molecular weight excluding hydrogens is 272 g/mol. The maximum atomic E-state index is 11.9. The Labute approximate surface area is 123 Å². The number of benzene rings is 1. The summed E-state index contributed by atoms with van der Waals surface area (Å²) in [5, 5.41) is 3.32. The van der Waals surface area contributed by atoms with Crippen LogP contribution in [0.2, 0.25) is 0 Å². The first-order valence-electron chi connectivity index (χ1n) is 7.19. The average Bonchev–Trinajstić information content (AvgIpc) is 2.37. The van der Waals surface area contributed by atoms with Gasteiger partial charge in [0.2, 0.25) is 10.0 Å². The zero-order valence-corrected chi connectivity index (χ0v) is 13.5. The van der Waals surface area contributed by atoms with Crippen LogP contribution in [-0.4, -0.2) is 21.5 Å². The maximum Gasteiger partial charge on any atom is 0.215 e. The van der Waals surface area contributed by atoms with Crippen molar-refractivity contribution in [2.45, 2.75) is 39.5 Å². The van der Waals surface area contributed by atoms with E-state index >= 15 is 0 Å². The molecule has 0 fully saturated rings. The zero-order valence-electron chi connectivity index (χ0n) is 12.6. The molecule has 20 heavy (non-hydrogen) atoms. The normalized spacial score (nSPS) is 12.0. The molecule has 0 unspecified atom stereocenters. The highest BCUT2D eigenvalue weighted by Crippen LogP contribution is 2.09. The Bertz CT molecular complexity index is 498. The summed E-state index contributed by atoms with van der Waals surface area (Å²) >= 11 is 0. The zero-order chi connectivity index (χ0) is 15.0. The SMILES string of the molecule is CCCNCc1cccc(CS(=O)(=O)NCC(C)C)c1. The topological polar surface area (TPSA) is 58.2 Å². The molecule has 1 rings (SSSR count). The first kappa shape index (κ1) is 17.1. The average molecular weight is 298 g/mol. The quantitative estimate of drug-likeness (QED) is 0.688. The van der Waals surface area contributed by atoms with Crippen molar-refractivity contribution in [1.82, 2.24) is 10.0 Å². The number of hydrogen-bond acceptors (Lipinski definition) is 3. The lowest BCUT2D eigenvalue weighted by Gasteiger charge is -2.10. The van der Waals surface area contributed by atoms with Gasteiger partial charge in [0, 0.05) is 13.1 Å². The second kappa shape index (κ2) is 8.39. The Morgan fingerprint density at radius 3 is 2.55 bits per heavy atom. The lowest BCUT2D eigenvalue weighted by atomic mass is 10.1. The maximum absolute atomic E-state index is 11.9. The number of sulfonamides is 1. The number of nitrogens with one attached hydrogen (secondary N) is 2. The van der Waals surface area contributed by atoms with Gasteiger partial charge in [0.25, 0.3) is 0 Å². The molecule has 4 nitrogen and oxygen atoms in total. The third-order valence-electron chi connectivity index (χ3n) is 2.82. The van der Waals surface area contributed by atoms with Crippen molar-refractivity contribution in [2.75, 3.05) is 13.1 Å². The van der Waals surface area contributed by atoms with Gasteiger partial charge in [0.15, 0.2) is 0 Å². The second-order valence-corrected chi connectivity index (χ2v) is 7.30. The molecule has 0 amide bonds. The van der Waals surface area contributed by atoms with Gasteiger partial charge in [-0.25, -0.2) is 13.1 Å². The molecule has 0 spiro atoms. The van der Waals surface area contributed by atoms with Crippen LogP contribution in [0.25, 0.3) is 0 Å². The molecule has 114 valence electrons. The van der Waals surface area contributed by atoms with Crippen molar-refractivity contribution >= 4 is 10.0 Å². The molecule has 2 N–H and O–H groups in total. The molecule has 0 saturated heterocycles. The standard InChI is InChI=1S/C15H26N2O2S/c1-4-8-16-11-14-6-5-7-15(9-14)12-20(18,19)17-10-13(2)3/h5-7,9,13,16-17H,4,8,10-12H2,1-3H3. The van der Waals surface area contributed by atoms with Gasteiger partial charge in [-0.2, -0.15) is 0 Å². The van der Waals surface area contributed by atoms with Gasteiger partial charge in [-0.05, 0) is 30.0 Å². The fourth-order valence-corrected chi connectivity index (χ4v) is 3.11. The highest BCUT2D eigenvalue weighted by atomic mass is 32.2. The van der Waals surface area contributed by atoms with Gasteiger partial charge in [0.05, 0.1) is 5.75 Å². The summed E-state index contributed by atoms with van der Waals surface area (Å²) in [5.41, 5.74) is 1.95. The summed E-state index contributed by atoms with van der Waals surface area (Å²) in [7, 11) is -3.24. The summed E-state index contributed by atoms with van der Waals surface area (Å²) in [5.74, 6) is 0.357. The second-order valence-electron chi connectivity index (χ2n) is 5.50. The van der Waals surface area contributed by atoms with Gasteiger partial charge in [0.1, 0.15) is 0 Å². The summed E-state index contributed by atoms with van der Waals surface area (Å²) in [6.07, 6.45) is 1.09. The molecule has 0 heterocycles. The minimum absolute atomic E-state index is 0.0430. The fraction of sp³-hybridized carbons (Fsp3) is 0.600. The van der Waals surface area contributed by atoms with Crippen LogP contribution in [0.5, 0.6) is 0 Å². The van der Waals surface area contributed by atoms with Gasteiger partial charge in [-0.3, -0.25) is 0 Å². The van der Waals surface area contributed by atoms with E-state index in [0.29, 0.717) is 12.5 Å². The highest BCUT2D eigenvalue weighted by molar-refractivity contribution is 7.88. The monoisotopic (exact) mass is 298 g/mol. The molecule has 0 radical (unpaired) electrons. The van der Waals surface area contributed by atoms with E-state index in [2.05, 4.69) is 17.0 Å². The van der Waals surface area contributed by atoms with E-state index in [-0.39, 0.29) is 5.75 Å². The van der Waals surface area contributed by atoms with E-state index in [1.807, 2.05) is 38.1 Å². The third-order valence-corrected chi connectivity index (χ3v) is 4.14. The van der Waals surface area contributed by atoms with Crippen LogP contribution in [0.15, 0.2) is 24.3 Å². The van der Waals surface area contributed by atoms with Crippen molar-refractivity contribution in [2.24, 2.45) is 5.92 Å². The minimum Gasteiger partial charge on any atom is -0.313 e. The van der Waals surface area contributed by atoms with Crippen LogP contribution in [0.4, 0.5) is 0 Å². The number of rotatable bonds is 9. The molecule has 1 aromatic carbocycles. The van der Waals surface area contributed by atoms with Gasteiger partial charge >= 0.3 is 0 Å². The third kappa shape index (κ3) is 7.03. The highest BCUT2D eigenvalue weighted by Gasteiger charge is 2.12. The molecule has 0 aliphatic rings. The minimum atomic E-state index is -3.24. The van der Waals surface area contributed by atoms with Crippen molar-refractivity contribution in [1.29, 1.82) is 0 Å². The van der Waals surface area contributed by atoms with Crippen LogP contribution in [-0.2, 0) is 22.3 Å². The Hall–Kier alpha value is -0.910. The molecule has 0 aromatic heterocycles. The van der Waals surface area contributed by atoms with Crippen molar-refractivity contribution in [3.8, 4) is 0 Å². The lowest BCUT2D eigenvalue weighted by molar-refractivity contribution is 0.559. The molecule has 5 heteroatoms. The number of hydrogen-bond donors (Lipinski definition) is 2. The van der Waals surface area contributed by atoms with Gasteiger partial charge in [-0.15, -0.1) is 0 Å². The molecule has 0 aliphatic carbocycles. The lowest BCUT2D eigenvalue weighted by Crippen LogP contribution is -2.28. The van der Waals surface area contributed by atoms with E-state index < -0.39 is 10.0 Å². The Kier molecular flexibility index (Phi) is 7.19. The Morgan fingerprint density at radius 1 is 1.20 bits per heavy atom. The van der Waals surface area contributed by atoms with Crippen LogP contribution in [0, 0.1) is 5.92 Å². The van der Waals surface area contributed by atoms with Crippen LogP contribution in [0.3, 0.4) is 0 Å². The molecular formula is C15H26N2O2S.